The minimum absolute atomic E-state index is 0.155. The molecule has 3 aliphatic rings. The molecule has 2 aliphatic carbocycles. The molecule has 148 valence electrons. The third kappa shape index (κ3) is 6.15. The van der Waals surface area contributed by atoms with Crippen molar-refractivity contribution < 1.29 is 4.79 Å². The number of amides is 1. The molecule has 1 heterocycles. The highest BCUT2D eigenvalue weighted by molar-refractivity contribution is 5.80. The third-order valence-electron chi connectivity index (χ3n) is 6.05. The topological polar surface area (TPSA) is 68.8 Å². The highest BCUT2D eigenvalue weighted by atomic mass is 16.2. The van der Waals surface area contributed by atoms with Crippen molar-refractivity contribution in [1.29, 1.82) is 0 Å². The molecule has 0 aromatic rings. The molecule has 26 heavy (non-hydrogen) atoms. The molecule has 3 fully saturated rings. The van der Waals surface area contributed by atoms with E-state index in [-0.39, 0.29) is 5.91 Å². The summed E-state index contributed by atoms with van der Waals surface area (Å²) in [6, 6.07) is 0.455. The fourth-order valence-corrected chi connectivity index (χ4v) is 4.13. The van der Waals surface area contributed by atoms with E-state index in [0.717, 1.165) is 69.2 Å². The van der Waals surface area contributed by atoms with Crippen molar-refractivity contribution in [1.82, 2.24) is 20.9 Å². The second kappa shape index (κ2) is 9.58. The minimum atomic E-state index is 0.155. The third-order valence-corrected chi connectivity index (χ3v) is 6.05. The van der Waals surface area contributed by atoms with Crippen LogP contribution in [0.25, 0.3) is 0 Å². The number of likely N-dealkylation sites (tertiary alicyclic amines) is 1. The Morgan fingerprint density at radius 1 is 1.08 bits per heavy atom. The standard InChI is InChI=1S/C20H37N5O/c1-3-10-22-19(26)14-25-11-8-17(9-12-25)24-20(21-2)23-13-18(15-4-5-15)16-6-7-16/h15-18H,3-14H2,1-2H3,(H,22,26)(H2,21,23,24). The lowest BCUT2D eigenvalue weighted by Crippen LogP contribution is -2.50. The van der Waals surface area contributed by atoms with E-state index in [9.17, 15) is 4.79 Å². The van der Waals surface area contributed by atoms with Gasteiger partial charge in [0.15, 0.2) is 5.96 Å². The fraction of sp³-hybridized carbons (Fsp3) is 0.900. The lowest BCUT2D eigenvalue weighted by Gasteiger charge is -2.32. The summed E-state index contributed by atoms with van der Waals surface area (Å²) in [7, 11) is 1.87. The van der Waals surface area contributed by atoms with E-state index < -0.39 is 0 Å². The number of piperidine rings is 1. The lowest BCUT2D eigenvalue weighted by molar-refractivity contribution is -0.122. The molecule has 0 aromatic carbocycles. The molecule has 0 unspecified atom stereocenters. The number of rotatable bonds is 9. The van der Waals surface area contributed by atoms with Crippen LogP contribution in [-0.2, 0) is 4.79 Å². The summed E-state index contributed by atoms with van der Waals surface area (Å²) in [5.41, 5.74) is 0. The van der Waals surface area contributed by atoms with Crippen LogP contribution in [0.15, 0.2) is 4.99 Å². The van der Waals surface area contributed by atoms with Gasteiger partial charge in [-0.3, -0.25) is 14.7 Å². The fourth-order valence-electron chi connectivity index (χ4n) is 4.13. The summed E-state index contributed by atoms with van der Waals surface area (Å²) in [5.74, 6) is 3.90. The van der Waals surface area contributed by atoms with Gasteiger partial charge in [0.25, 0.3) is 0 Å². The lowest BCUT2D eigenvalue weighted by atomic mass is 9.98. The molecule has 1 aliphatic heterocycles. The van der Waals surface area contributed by atoms with Gasteiger partial charge in [-0.15, -0.1) is 0 Å². The molecule has 6 heteroatoms. The van der Waals surface area contributed by atoms with Crippen molar-refractivity contribution in [3.05, 3.63) is 0 Å². The van der Waals surface area contributed by atoms with Crippen LogP contribution in [0.2, 0.25) is 0 Å². The van der Waals surface area contributed by atoms with Gasteiger partial charge in [-0.25, -0.2) is 0 Å². The summed E-state index contributed by atoms with van der Waals surface area (Å²) < 4.78 is 0. The van der Waals surface area contributed by atoms with E-state index in [1.54, 1.807) is 0 Å². The highest BCUT2D eigenvalue weighted by Crippen LogP contribution is 2.48. The van der Waals surface area contributed by atoms with Crippen molar-refractivity contribution in [2.75, 3.05) is 39.8 Å². The Hall–Kier alpha value is -1.30. The minimum Gasteiger partial charge on any atom is -0.356 e. The maximum absolute atomic E-state index is 11.8. The van der Waals surface area contributed by atoms with E-state index in [1.165, 1.54) is 25.7 Å². The van der Waals surface area contributed by atoms with Crippen LogP contribution in [0.4, 0.5) is 0 Å². The molecule has 0 atom stereocenters. The van der Waals surface area contributed by atoms with E-state index in [4.69, 9.17) is 0 Å². The zero-order chi connectivity index (χ0) is 18.4. The number of nitrogens with zero attached hydrogens (tertiary/aromatic N) is 2. The van der Waals surface area contributed by atoms with Gasteiger partial charge in [-0.05, 0) is 62.7 Å². The molecule has 1 amide bonds. The van der Waals surface area contributed by atoms with E-state index in [0.29, 0.717) is 12.6 Å². The van der Waals surface area contributed by atoms with Crippen LogP contribution in [0.3, 0.4) is 0 Å². The SMILES string of the molecule is CCCNC(=O)CN1CCC(NC(=NC)NCC(C2CC2)C2CC2)CC1. The van der Waals surface area contributed by atoms with Crippen molar-refractivity contribution >= 4 is 11.9 Å². The molecule has 3 N–H and O–H groups in total. The maximum atomic E-state index is 11.8. The van der Waals surface area contributed by atoms with Gasteiger partial charge in [0.2, 0.25) is 5.91 Å². The van der Waals surface area contributed by atoms with E-state index >= 15 is 0 Å². The Labute approximate surface area is 158 Å². The maximum Gasteiger partial charge on any atom is 0.234 e. The van der Waals surface area contributed by atoms with E-state index in [1.807, 2.05) is 7.05 Å². The molecule has 0 aromatic heterocycles. The molecule has 3 rings (SSSR count). The number of nitrogens with one attached hydrogen (secondary N) is 3. The normalized spacial score (nSPS) is 22.5. The van der Waals surface area contributed by atoms with Gasteiger partial charge >= 0.3 is 0 Å². The molecule has 2 saturated carbocycles. The average Bonchev–Trinajstić information content (AvgIpc) is 3.54. The first kappa shape index (κ1) is 19.5. The molecule has 0 radical (unpaired) electrons. The van der Waals surface area contributed by atoms with Gasteiger partial charge in [-0.2, -0.15) is 0 Å². The predicted molar refractivity (Wildman–Crippen MR) is 106 cm³/mol. The van der Waals surface area contributed by atoms with Crippen LogP contribution in [0.1, 0.15) is 51.9 Å². The van der Waals surface area contributed by atoms with Crippen LogP contribution in [0.5, 0.6) is 0 Å². The zero-order valence-corrected chi connectivity index (χ0v) is 16.6. The Balaban J connectivity index is 1.34. The Kier molecular flexibility index (Phi) is 7.17. The summed E-state index contributed by atoms with van der Waals surface area (Å²) in [5, 5.41) is 10.1. The van der Waals surface area contributed by atoms with Gasteiger partial charge in [-0.1, -0.05) is 6.92 Å². The van der Waals surface area contributed by atoms with Crippen molar-refractivity contribution in [2.45, 2.75) is 57.9 Å². The second-order valence-electron chi connectivity index (χ2n) is 8.34. The van der Waals surface area contributed by atoms with Gasteiger partial charge in [0.05, 0.1) is 6.54 Å². The number of carbonyl (C=O) groups excluding carboxylic acids is 1. The van der Waals surface area contributed by atoms with Gasteiger partial charge in [0, 0.05) is 39.3 Å². The van der Waals surface area contributed by atoms with Crippen molar-refractivity contribution in [2.24, 2.45) is 22.7 Å². The Morgan fingerprint density at radius 3 is 2.27 bits per heavy atom. The molecule has 0 bridgehead atoms. The van der Waals surface area contributed by atoms with Crippen LogP contribution in [-0.4, -0.2) is 62.6 Å². The van der Waals surface area contributed by atoms with Gasteiger partial charge < -0.3 is 16.0 Å². The van der Waals surface area contributed by atoms with Crippen LogP contribution >= 0.6 is 0 Å². The first-order valence-corrected chi connectivity index (χ1v) is 10.7. The van der Waals surface area contributed by atoms with Crippen LogP contribution < -0.4 is 16.0 Å². The number of hydrogen-bond donors (Lipinski definition) is 3. The number of guanidine groups is 1. The largest absolute Gasteiger partial charge is 0.356 e. The Morgan fingerprint density at radius 2 is 1.73 bits per heavy atom. The first-order chi connectivity index (χ1) is 12.7. The number of carbonyl (C=O) groups is 1. The Bertz CT molecular complexity index is 467. The first-order valence-electron chi connectivity index (χ1n) is 10.7. The van der Waals surface area contributed by atoms with Crippen LogP contribution in [0, 0.1) is 17.8 Å². The number of hydrogen-bond acceptors (Lipinski definition) is 3. The molecule has 6 nitrogen and oxygen atoms in total. The predicted octanol–water partition coefficient (Wildman–Crippen LogP) is 1.58. The van der Waals surface area contributed by atoms with E-state index in [2.05, 4.69) is 32.8 Å². The quantitative estimate of drug-likeness (QED) is 0.430. The summed E-state index contributed by atoms with van der Waals surface area (Å²) in [6.07, 6.45) is 8.84. The summed E-state index contributed by atoms with van der Waals surface area (Å²) >= 11 is 0. The monoisotopic (exact) mass is 363 g/mol. The van der Waals surface area contributed by atoms with Crippen molar-refractivity contribution in [3.63, 3.8) is 0 Å². The second-order valence-corrected chi connectivity index (χ2v) is 8.34. The molecule has 1 saturated heterocycles. The summed E-state index contributed by atoms with van der Waals surface area (Å²) in [6.45, 7) is 6.41. The molecule has 0 spiro atoms. The van der Waals surface area contributed by atoms with Crippen molar-refractivity contribution in [3.8, 4) is 0 Å². The number of aliphatic imine (C=N–C) groups is 1. The van der Waals surface area contributed by atoms with Gasteiger partial charge in [0.1, 0.15) is 0 Å². The molecular weight excluding hydrogens is 326 g/mol. The summed E-state index contributed by atoms with van der Waals surface area (Å²) in [4.78, 5) is 18.5. The average molecular weight is 364 g/mol. The molecular formula is C20H37N5O. The smallest absolute Gasteiger partial charge is 0.234 e. The highest BCUT2D eigenvalue weighted by Gasteiger charge is 2.41. The zero-order valence-electron chi connectivity index (χ0n) is 16.6.